The standard InChI is InChI=1S/C10H10ClNO/c1-7(13)6-10(12)8-2-4-9(11)5-3-8/h2-6H,12H2,1H3/b10-6-. The largest absolute Gasteiger partial charge is 0.398 e. The topological polar surface area (TPSA) is 43.1 Å². The Hall–Kier alpha value is -1.28. The van der Waals surface area contributed by atoms with Crippen molar-refractivity contribution in [3.8, 4) is 0 Å². The molecule has 0 amide bonds. The number of halogens is 1. The third-order valence-electron chi connectivity index (χ3n) is 1.54. The molecule has 0 unspecified atom stereocenters. The Balaban J connectivity index is 2.96. The number of hydrogen-bond acceptors (Lipinski definition) is 2. The second-order valence-electron chi connectivity index (χ2n) is 2.72. The summed E-state index contributed by atoms with van der Waals surface area (Å²) in [4.78, 5) is 10.7. The fourth-order valence-corrected chi connectivity index (χ4v) is 1.07. The van der Waals surface area contributed by atoms with Gasteiger partial charge in [0.25, 0.3) is 0 Å². The normalized spacial score (nSPS) is 11.4. The zero-order chi connectivity index (χ0) is 9.84. The maximum absolute atomic E-state index is 10.7. The highest BCUT2D eigenvalue weighted by molar-refractivity contribution is 6.30. The number of allylic oxidation sites excluding steroid dienone is 1. The number of ketones is 1. The molecule has 0 heterocycles. The molecule has 1 aromatic rings. The van der Waals surface area contributed by atoms with Crippen LogP contribution in [-0.4, -0.2) is 5.78 Å². The second-order valence-corrected chi connectivity index (χ2v) is 3.15. The van der Waals surface area contributed by atoms with Gasteiger partial charge in [-0.2, -0.15) is 0 Å². The van der Waals surface area contributed by atoms with Crippen LogP contribution in [0.15, 0.2) is 30.3 Å². The summed E-state index contributed by atoms with van der Waals surface area (Å²) in [6, 6.07) is 7.02. The van der Waals surface area contributed by atoms with Gasteiger partial charge in [0, 0.05) is 16.8 Å². The number of hydrogen-bond donors (Lipinski definition) is 1. The summed E-state index contributed by atoms with van der Waals surface area (Å²) in [5.41, 5.74) is 6.91. The van der Waals surface area contributed by atoms with E-state index in [1.54, 1.807) is 24.3 Å². The number of carbonyl (C=O) groups excluding carboxylic acids is 1. The molecule has 0 saturated heterocycles. The average Bonchev–Trinajstić information content (AvgIpc) is 2.04. The fourth-order valence-electron chi connectivity index (χ4n) is 0.945. The fraction of sp³-hybridized carbons (Fsp3) is 0.100. The van der Waals surface area contributed by atoms with Crippen molar-refractivity contribution in [3.63, 3.8) is 0 Å². The maximum Gasteiger partial charge on any atom is 0.154 e. The van der Waals surface area contributed by atoms with Gasteiger partial charge in [0.05, 0.1) is 0 Å². The molecule has 2 nitrogen and oxygen atoms in total. The third kappa shape index (κ3) is 2.92. The van der Waals surface area contributed by atoms with Crippen molar-refractivity contribution in [1.82, 2.24) is 0 Å². The first-order valence-electron chi connectivity index (χ1n) is 3.83. The van der Waals surface area contributed by atoms with E-state index in [-0.39, 0.29) is 5.78 Å². The van der Waals surface area contributed by atoms with Crippen LogP contribution in [0.4, 0.5) is 0 Å². The molecule has 0 saturated carbocycles. The lowest BCUT2D eigenvalue weighted by atomic mass is 10.1. The molecule has 0 bridgehead atoms. The van der Waals surface area contributed by atoms with Crippen LogP contribution in [0.5, 0.6) is 0 Å². The molecule has 2 N–H and O–H groups in total. The van der Waals surface area contributed by atoms with Crippen molar-refractivity contribution in [2.45, 2.75) is 6.92 Å². The number of nitrogens with two attached hydrogens (primary N) is 1. The van der Waals surface area contributed by atoms with Crippen LogP contribution >= 0.6 is 11.6 Å². The van der Waals surface area contributed by atoms with E-state index in [0.29, 0.717) is 10.7 Å². The van der Waals surface area contributed by atoms with E-state index in [4.69, 9.17) is 17.3 Å². The summed E-state index contributed by atoms with van der Waals surface area (Å²) >= 11 is 5.69. The minimum atomic E-state index is -0.0625. The van der Waals surface area contributed by atoms with Crippen molar-refractivity contribution >= 4 is 23.1 Å². The zero-order valence-electron chi connectivity index (χ0n) is 7.25. The van der Waals surface area contributed by atoms with Gasteiger partial charge in [0.15, 0.2) is 5.78 Å². The second kappa shape index (κ2) is 4.10. The van der Waals surface area contributed by atoms with Crippen LogP contribution < -0.4 is 5.73 Å². The lowest BCUT2D eigenvalue weighted by Crippen LogP contribution is -1.98. The first-order valence-corrected chi connectivity index (χ1v) is 4.21. The van der Waals surface area contributed by atoms with E-state index in [9.17, 15) is 4.79 Å². The van der Waals surface area contributed by atoms with Gasteiger partial charge >= 0.3 is 0 Å². The van der Waals surface area contributed by atoms with E-state index in [0.717, 1.165) is 5.56 Å². The first kappa shape index (κ1) is 9.81. The monoisotopic (exact) mass is 195 g/mol. The Morgan fingerprint density at radius 1 is 1.38 bits per heavy atom. The minimum Gasteiger partial charge on any atom is -0.398 e. The predicted octanol–water partition coefficient (Wildman–Crippen LogP) is 2.23. The van der Waals surface area contributed by atoms with Crippen molar-refractivity contribution in [3.05, 3.63) is 40.9 Å². The average molecular weight is 196 g/mol. The summed E-state index contributed by atoms with van der Waals surface area (Å²) < 4.78 is 0. The van der Waals surface area contributed by atoms with Gasteiger partial charge in [-0.3, -0.25) is 4.79 Å². The van der Waals surface area contributed by atoms with E-state index >= 15 is 0 Å². The van der Waals surface area contributed by atoms with Crippen LogP contribution in [-0.2, 0) is 4.79 Å². The molecule has 0 atom stereocenters. The van der Waals surface area contributed by atoms with Crippen molar-refractivity contribution < 1.29 is 4.79 Å². The molecule has 0 aromatic heterocycles. The molecular formula is C10H10ClNO. The quantitative estimate of drug-likeness (QED) is 0.736. The van der Waals surface area contributed by atoms with Gasteiger partial charge < -0.3 is 5.73 Å². The summed E-state index contributed by atoms with van der Waals surface area (Å²) in [5.74, 6) is -0.0625. The van der Waals surface area contributed by atoms with Gasteiger partial charge in [-0.25, -0.2) is 0 Å². The van der Waals surface area contributed by atoms with E-state index in [2.05, 4.69) is 0 Å². The Bertz CT molecular complexity index is 340. The van der Waals surface area contributed by atoms with Crippen molar-refractivity contribution in [2.75, 3.05) is 0 Å². The number of rotatable bonds is 2. The highest BCUT2D eigenvalue weighted by atomic mass is 35.5. The Labute approximate surface area is 82.0 Å². The highest BCUT2D eigenvalue weighted by Crippen LogP contribution is 2.13. The van der Waals surface area contributed by atoms with Gasteiger partial charge in [-0.15, -0.1) is 0 Å². The first-order chi connectivity index (χ1) is 6.09. The van der Waals surface area contributed by atoms with Gasteiger partial charge in [0.1, 0.15) is 0 Å². The molecule has 0 fully saturated rings. The predicted molar refractivity (Wildman–Crippen MR) is 54.3 cm³/mol. The molecule has 0 spiro atoms. The molecule has 0 aliphatic carbocycles. The Kier molecular flexibility index (Phi) is 3.09. The molecule has 13 heavy (non-hydrogen) atoms. The minimum absolute atomic E-state index is 0.0625. The van der Waals surface area contributed by atoms with Gasteiger partial charge in [-0.1, -0.05) is 23.7 Å². The Morgan fingerprint density at radius 3 is 2.38 bits per heavy atom. The molecule has 1 aromatic carbocycles. The number of carbonyl (C=O) groups is 1. The van der Waals surface area contributed by atoms with E-state index < -0.39 is 0 Å². The number of benzene rings is 1. The Morgan fingerprint density at radius 2 is 1.92 bits per heavy atom. The van der Waals surface area contributed by atoms with Gasteiger partial charge in [0.2, 0.25) is 0 Å². The SMILES string of the molecule is CC(=O)/C=C(\N)c1ccc(Cl)cc1. The van der Waals surface area contributed by atoms with Gasteiger partial charge in [-0.05, 0) is 24.6 Å². The summed E-state index contributed by atoms with van der Waals surface area (Å²) in [6.45, 7) is 1.46. The van der Waals surface area contributed by atoms with Crippen LogP contribution in [0, 0.1) is 0 Å². The smallest absolute Gasteiger partial charge is 0.154 e. The molecule has 0 radical (unpaired) electrons. The van der Waals surface area contributed by atoms with Crippen LogP contribution in [0.3, 0.4) is 0 Å². The van der Waals surface area contributed by atoms with E-state index in [1.165, 1.54) is 13.0 Å². The molecular weight excluding hydrogens is 186 g/mol. The zero-order valence-corrected chi connectivity index (χ0v) is 8.01. The molecule has 1 rings (SSSR count). The lowest BCUT2D eigenvalue weighted by Gasteiger charge is -1.99. The van der Waals surface area contributed by atoms with Crippen LogP contribution in [0.1, 0.15) is 12.5 Å². The summed E-state index contributed by atoms with van der Waals surface area (Å²) in [7, 11) is 0. The summed E-state index contributed by atoms with van der Waals surface area (Å²) in [6.07, 6.45) is 1.39. The third-order valence-corrected chi connectivity index (χ3v) is 1.79. The summed E-state index contributed by atoms with van der Waals surface area (Å²) in [5, 5.41) is 0.652. The van der Waals surface area contributed by atoms with E-state index in [1.807, 2.05) is 0 Å². The van der Waals surface area contributed by atoms with Crippen LogP contribution in [0.2, 0.25) is 5.02 Å². The van der Waals surface area contributed by atoms with Crippen molar-refractivity contribution in [1.29, 1.82) is 0 Å². The lowest BCUT2D eigenvalue weighted by molar-refractivity contribution is -0.112. The molecule has 0 aliphatic heterocycles. The van der Waals surface area contributed by atoms with Crippen LogP contribution in [0.25, 0.3) is 5.70 Å². The molecule has 0 aliphatic rings. The molecule has 68 valence electrons. The maximum atomic E-state index is 10.7. The van der Waals surface area contributed by atoms with Crippen molar-refractivity contribution in [2.24, 2.45) is 5.73 Å². The highest BCUT2D eigenvalue weighted by Gasteiger charge is 1.97. The molecule has 3 heteroatoms.